The van der Waals surface area contributed by atoms with Gasteiger partial charge in [0, 0.05) is 44.1 Å². The monoisotopic (exact) mass is 366 g/mol. The van der Waals surface area contributed by atoms with Gasteiger partial charge >= 0.3 is 0 Å². The minimum atomic E-state index is 0.199. The zero-order valence-electron chi connectivity index (χ0n) is 16.7. The minimum Gasteiger partial charge on any atom is -0.378 e. The van der Waals surface area contributed by atoms with Crippen LogP contribution in [-0.2, 0) is 0 Å². The van der Waals surface area contributed by atoms with Crippen LogP contribution in [0.15, 0.2) is 96.7 Å². The fourth-order valence-electron chi connectivity index (χ4n) is 3.72. The van der Waals surface area contributed by atoms with Crippen molar-refractivity contribution in [1.82, 2.24) is 0 Å². The third-order valence-electron chi connectivity index (χ3n) is 5.38. The molecule has 0 aliphatic carbocycles. The second kappa shape index (κ2) is 7.77. The summed E-state index contributed by atoms with van der Waals surface area (Å²) in [5, 5.41) is 0. The van der Waals surface area contributed by atoms with Crippen LogP contribution in [-0.4, -0.2) is 21.1 Å². The van der Waals surface area contributed by atoms with E-state index in [2.05, 4.69) is 128 Å². The second-order valence-electron chi connectivity index (χ2n) is 7.42. The van der Waals surface area contributed by atoms with Crippen LogP contribution in [0.5, 0.6) is 0 Å². The number of hydrogen-bond acceptors (Lipinski definition) is 2. The van der Waals surface area contributed by atoms with Crippen molar-refractivity contribution in [3.05, 3.63) is 113 Å². The first kappa shape index (κ1) is 18.1. The maximum absolute atomic E-state index is 2.37. The van der Waals surface area contributed by atoms with Crippen molar-refractivity contribution in [2.75, 3.05) is 30.9 Å². The van der Waals surface area contributed by atoms with Crippen molar-refractivity contribution in [3.8, 4) is 0 Å². The van der Waals surface area contributed by atoms with Crippen LogP contribution in [0, 0.1) is 0 Å². The summed E-state index contributed by atoms with van der Waals surface area (Å²) in [6, 6.07) is 28.1. The summed E-state index contributed by atoms with van der Waals surface area (Å²) >= 11 is 0. The third-order valence-corrected chi connectivity index (χ3v) is 5.38. The summed E-state index contributed by atoms with van der Waals surface area (Å²) in [7, 11) is 6.29. The van der Waals surface area contributed by atoms with Gasteiger partial charge in [-0.1, -0.05) is 66.7 Å². The number of likely N-dealkylation sites (N-methyl/N-ethyl adjacent to an activating group) is 1. The molecule has 0 radical (unpaired) electrons. The van der Waals surface area contributed by atoms with Gasteiger partial charge in [-0.05, 0) is 47.0 Å². The standard InChI is InChI=1S/C26H26N2/c1-27(2)23-16-13-21(14-17-23)25(20-9-5-4-6-10-20)19-24-18-15-22-11-7-8-12-26(22)28(24)3/h4-19,25H,1-3H3/b24-19+. The third kappa shape index (κ3) is 3.59. The average Bonchev–Trinajstić information content (AvgIpc) is 2.74. The smallest absolute Gasteiger partial charge is 0.0481 e. The highest BCUT2D eigenvalue weighted by molar-refractivity contribution is 5.76. The quantitative estimate of drug-likeness (QED) is 0.564. The highest BCUT2D eigenvalue weighted by Gasteiger charge is 2.17. The average molecular weight is 367 g/mol. The molecular weight excluding hydrogens is 340 g/mol. The van der Waals surface area contributed by atoms with Crippen molar-refractivity contribution in [2.24, 2.45) is 0 Å². The van der Waals surface area contributed by atoms with Gasteiger partial charge in [-0.25, -0.2) is 0 Å². The number of fused-ring (bicyclic) bond motifs is 1. The fraction of sp³-hybridized carbons (Fsp3) is 0.154. The van der Waals surface area contributed by atoms with E-state index in [1.807, 2.05) is 0 Å². The van der Waals surface area contributed by atoms with Gasteiger partial charge < -0.3 is 9.80 Å². The summed E-state index contributed by atoms with van der Waals surface area (Å²) in [5.41, 5.74) is 7.52. The molecule has 1 unspecified atom stereocenters. The van der Waals surface area contributed by atoms with Gasteiger partial charge in [0.05, 0.1) is 0 Å². The van der Waals surface area contributed by atoms with Gasteiger partial charge in [-0.15, -0.1) is 0 Å². The first-order chi connectivity index (χ1) is 13.6. The molecule has 28 heavy (non-hydrogen) atoms. The van der Waals surface area contributed by atoms with Crippen LogP contribution in [0.2, 0.25) is 0 Å². The maximum Gasteiger partial charge on any atom is 0.0481 e. The van der Waals surface area contributed by atoms with E-state index in [0.717, 1.165) is 0 Å². The molecule has 1 heterocycles. The SMILES string of the molecule is CN(C)c1ccc(C(/C=C2\C=Cc3ccccc3N2C)c2ccccc2)cc1. The van der Waals surface area contributed by atoms with Crippen LogP contribution in [0.25, 0.3) is 6.08 Å². The van der Waals surface area contributed by atoms with E-state index in [4.69, 9.17) is 0 Å². The number of rotatable bonds is 4. The first-order valence-corrected chi connectivity index (χ1v) is 9.68. The van der Waals surface area contributed by atoms with Gasteiger partial charge in [0.15, 0.2) is 0 Å². The van der Waals surface area contributed by atoms with E-state index in [0.29, 0.717) is 0 Å². The molecular formula is C26H26N2. The van der Waals surface area contributed by atoms with Gasteiger partial charge in [0.25, 0.3) is 0 Å². The number of benzene rings is 3. The highest BCUT2D eigenvalue weighted by atomic mass is 15.1. The molecule has 140 valence electrons. The molecule has 0 spiro atoms. The van der Waals surface area contributed by atoms with Crippen LogP contribution >= 0.6 is 0 Å². The summed E-state index contributed by atoms with van der Waals surface area (Å²) < 4.78 is 0. The number of allylic oxidation sites excluding steroid dienone is 2. The molecule has 0 N–H and O–H groups in total. The molecule has 1 atom stereocenters. The Labute approximate surface area is 168 Å². The molecule has 0 saturated heterocycles. The molecule has 2 heteroatoms. The van der Waals surface area contributed by atoms with Crippen molar-refractivity contribution in [1.29, 1.82) is 0 Å². The largest absolute Gasteiger partial charge is 0.378 e. The Bertz CT molecular complexity index is 998. The number of anilines is 2. The Morgan fingerprint density at radius 2 is 1.39 bits per heavy atom. The van der Waals surface area contributed by atoms with E-state index in [1.54, 1.807) is 0 Å². The Balaban J connectivity index is 1.76. The van der Waals surface area contributed by atoms with Gasteiger partial charge in [0.2, 0.25) is 0 Å². The molecule has 0 saturated carbocycles. The lowest BCUT2D eigenvalue weighted by Gasteiger charge is -2.28. The van der Waals surface area contributed by atoms with Gasteiger partial charge in [-0.3, -0.25) is 0 Å². The zero-order valence-corrected chi connectivity index (χ0v) is 16.7. The van der Waals surface area contributed by atoms with Crippen molar-refractivity contribution >= 4 is 17.5 Å². The predicted octanol–water partition coefficient (Wildman–Crippen LogP) is 5.93. The molecule has 0 amide bonds. The van der Waals surface area contributed by atoms with E-state index in [9.17, 15) is 0 Å². The lowest BCUT2D eigenvalue weighted by atomic mass is 9.89. The van der Waals surface area contributed by atoms with Crippen molar-refractivity contribution < 1.29 is 0 Å². The fourth-order valence-corrected chi connectivity index (χ4v) is 3.72. The second-order valence-corrected chi connectivity index (χ2v) is 7.42. The lowest BCUT2D eigenvalue weighted by Crippen LogP contribution is -2.19. The lowest BCUT2D eigenvalue weighted by molar-refractivity contribution is 0.988. The minimum absolute atomic E-state index is 0.199. The summed E-state index contributed by atoms with van der Waals surface area (Å²) in [6.07, 6.45) is 6.79. The first-order valence-electron chi connectivity index (χ1n) is 9.68. The molecule has 3 aromatic carbocycles. The summed E-state index contributed by atoms with van der Waals surface area (Å²) in [5.74, 6) is 0.199. The highest BCUT2D eigenvalue weighted by Crippen LogP contribution is 2.34. The molecule has 3 aromatic rings. The maximum atomic E-state index is 2.37. The summed E-state index contributed by atoms with van der Waals surface area (Å²) in [4.78, 5) is 4.41. The van der Waals surface area contributed by atoms with Crippen LogP contribution in [0.1, 0.15) is 22.6 Å². The molecule has 1 aliphatic heterocycles. The number of para-hydroxylation sites is 1. The predicted molar refractivity (Wildman–Crippen MR) is 121 cm³/mol. The molecule has 0 fully saturated rings. The molecule has 0 bridgehead atoms. The molecule has 1 aliphatic rings. The number of hydrogen-bond donors (Lipinski definition) is 0. The van der Waals surface area contributed by atoms with E-state index in [-0.39, 0.29) is 5.92 Å². The molecule has 0 aromatic heterocycles. The molecule has 2 nitrogen and oxygen atoms in total. The van der Waals surface area contributed by atoms with Gasteiger partial charge in [-0.2, -0.15) is 0 Å². The van der Waals surface area contributed by atoms with Crippen molar-refractivity contribution in [3.63, 3.8) is 0 Å². The van der Waals surface area contributed by atoms with Crippen LogP contribution in [0.3, 0.4) is 0 Å². The normalized spacial score (nSPS) is 15.4. The Kier molecular flexibility index (Phi) is 5.03. The Morgan fingerprint density at radius 3 is 2.11 bits per heavy atom. The van der Waals surface area contributed by atoms with Crippen LogP contribution in [0.4, 0.5) is 11.4 Å². The molecule has 4 rings (SSSR count). The number of nitrogens with zero attached hydrogens (tertiary/aromatic N) is 2. The van der Waals surface area contributed by atoms with E-state index >= 15 is 0 Å². The van der Waals surface area contributed by atoms with E-state index < -0.39 is 0 Å². The van der Waals surface area contributed by atoms with Gasteiger partial charge in [0.1, 0.15) is 0 Å². The Morgan fingerprint density at radius 1 is 0.750 bits per heavy atom. The Hall–Kier alpha value is -3.26. The summed E-state index contributed by atoms with van der Waals surface area (Å²) in [6.45, 7) is 0. The zero-order chi connectivity index (χ0) is 19.5. The topological polar surface area (TPSA) is 6.48 Å². The van der Waals surface area contributed by atoms with E-state index in [1.165, 1.54) is 33.8 Å². The van der Waals surface area contributed by atoms with Crippen LogP contribution < -0.4 is 9.80 Å². The van der Waals surface area contributed by atoms with Crippen molar-refractivity contribution in [2.45, 2.75) is 5.92 Å².